The Bertz CT molecular complexity index is 1170. The van der Waals surface area contributed by atoms with Crippen molar-refractivity contribution in [2.45, 2.75) is 39.1 Å². The Labute approximate surface area is 190 Å². The lowest BCUT2D eigenvalue weighted by atomic mass is 10.1. The summed E-state index contributed by atoms with van der Waals surface area (Å²) in [4.78, 5) is 26.1. The summed E-state index contributed by atoms with van der Waals surface area (Å²) in [5.74, 6) is -1.43. The Hall–Kier alpha value is -3.52. The first kappa shape index (κ1) is 22.7. The molecule has 0 aliphatic carbocycles. The number of ether oxygens (including phenoxy) is 1. The molecule has 4 rings (SSSR count). The molecule has 2 unspecified atom stereocenters. The van der Waals surface area contributed by atoms with Gasteiger partial charge in [-0.05, 0) is 55.3 Å². The molecular formula is C25H25F2N3O3. The van der Waals surface area contributed by atoms with Gasteiger partial charge < -0.3 is 19.9 Å². The maximum atomic E-state index is 13.6. The van der Waals surface area contributed by atoms with E-state index in [0.29, 0.717) is 35.7 Å². The number of rotatable bonds is 6. The minimum absolute atomic E-state index is 0.206. The van der Waals surface area contributed by atoms with Crippen molar-refractivity contribution in [2.75, 3.05) is 6.61 Å². The van der Waals surface area contributed by atoms with Gasteiger partial charge in [-0.1, -0.05) is 24.3 Å². The zero-order chi connectivity index (χ0) is 23.5. The molecule has 8 heteroatoms. The molecule has 0 radical (unpaired) electrons. The largest absolute Gasteiger partial charge is 0.373 e. The van der Waals surface area contributed by atoms with Gasteiger partial charge in [0.2, 0.25) is 0 Å². The van der Waals surface area contributed by atoms with Crippen LogP contribution in [0.1, 0.15) is 63.6 Å². The molecular weight excluding hydrogens is 428 g/mol. The lowest BCUT2D eigenvalue weighted by Crippen LogP contribution is -2.30. The van der Waals surface area contributed by atoms with Crippen LogP contribution in [0.4, 0.5) is 8.78 Å². The maximum Gasteiger partial charge on any atom is 0.268 e. The van der Waals surface area contributed by atoms with Crippen molar-refractivity contribution >= 4 is 11.8 Å². The molecule has 1 aliphatic rings. The van der Waals surface area contributed by atoms with Crippen molar-refractivity contribution in [1.29, 1.82) is 0 Å². The summed E-state index contributed by atoms with van der Waals surface area (Å²) in [7, 11) is 0. The number of hydrogen-bond acceptors (Lipinski definition) is 3. The minimum atomic E-state index is -0.427. The van der Waals surface area contributed by atoms with E-state index in [1.807, 2.05) is 6.92 Å². The molecule has 0 saturated heterocycles. The van der Waals surface area contributed by atoms with Crippen LogP contribution in [0, 0.1) is 11.6 Å². The van der Waals surface area contributed by atoms with E-state index in [1.165, 1.54) is 24.3 Å². The second kappa shape index (κ2) is 9.54. The average Bonchev–Trinajstić information content (AvgIpc) is 3.19. The summed E-state index contributed by atoms with van der Waals surface area (Å²) < 4.78 is 34.1. The number of amides is 2. The fourth-order valence-corrected chi connectivity index (χ4v) is 3.95. The fourth-order valence-electron chi connectivity index (χ4n) is 3.95. The third kappa shape index (κ3) is 4.96. The summed E-state index contributed by atoms with van der Waals surface area (Å²) in [6.07, 6.45) is 0. The predicted octanol–water partition coefficient (Wildman–Crippen LogP) is 4.28. The first-order chi connectivity index (χ1) is 15.8. The molecule has 0 spiro atoms. The molecule has 1 aliphatic heterocycles. The van der Waals surface area contributed by atoms with E-state index >= 15 is 0 Å². The van der Waals surface area contributed by atoms with E-state index < -0.39 is 6.04 Å². The van der Waals surface area contributed by atoms with Crippen LogP contribution < -0.4 is 10.6 Å². The van der Waals surface area contributed by atoms with Gasteiger partial charge in [0.1, 0.15) is 17.3 Å². The van der Waals surface area contributed by atoms with Gasteiger partial charge in [-0.3, -0.25) is 9.59 Å². The first-order valence-electron chi connectivity index (χ1n) is 10.8. The van der Waals surface area contributed by atoms with Crippen molar-refractivity contribution in [3.8, 4) is 0 Å². The number of carbonyl (C=O) groups excluding carboxylic acids is 2. The number of nitrogens with one attached hydrogen (secondary N) is 2. The monoisotopic (exact) mass is 453 g/mol. The normalized spacial score (nSPS) is 14.8. The smallest absolute Gasteiger partial charge is 0.268 e. The fraction of sp³-hybridized carbons (Fsp3) is 0.280. The minimum Gasteiger partial charge on any atom is -0.373 e. The Kier molecular flexibility index (Phi) is 6.55. The van der Waals surface area contributed by atoms with Crippen molar-refractivity contribution in [3.05, 3.63) is 94.3 Å². The van der Waals surface area contributed by atoms with Crippen LogP contribution in [0.2, 0.25) is 0 Å². The van der Waals surface area contributed by atoms with Crippen LogP contribution in [-0.4, -0.2) is 23.0 Å². The summed E-state index contributed by atoms with van der Waals surface area (Å²) >= 11 is 0. The van der Waals surface area contributed by atoms with Gasteiger partial charge in [0.25, 0.3) is 11.8 Å². The third-order valence-electron chi connectivity index (χ3n) is 5.80. The molecule has 3 aromatic rings. The highest BCUT2D eigenvalue weighted by atomic mass is 19.1. The van der Waals surface area contributed by atoms with E-state index in [2.05, 4.69) is 10.6 Å². The van der Waals surface area contributed by atoms with E-state index in [1.54, 1.807) is 41.8 Å². The second-order valence-corrected chi connectivity index (χ2v) is 8.09. The van der Waals surface area contributed by atoms with Crippen molar-refractivity contribution in [3.63, 3.8) is 0 Å². The standard InChI is InChI=1S/C25H25F2N3O3/c1-15(17-6-8-19(26)9-7-17)29-25(32)22-13-21(23-14-33-11-10-30(22)23)24(31)28-16(2)18-4-3-5-20(27)12-18/h3-9,12-13,15-16H,10-11,14H2,1-2H3,(H,28,31)(H,29,32). The van der Waals surface area contributed by atoms with Gasteiger partial charge in [0.05, 0.1) is 36.6 Å². The number of hydrogen-bond donors (Lipinski definition) is 2. The van der Waals surface area contributed by atoms with Crippen LogP contribution in [-0.2, 0) is 17.9 Å². The SMILES string of the molecule is CC(NC(=O)c1cc(C(=O)NC(C)c2ccc(F)cc2)n2c1COCC2)c1cccc(F)c1. The highest BCUT2D eigenvalue weighted by molar-refractivity contribution is 6.01. The number of aromatic nitrogens is 1. The van der Waals surface area contributed by atoms with Gasteiger partial charge in [-0.15, -0.1) is 0 Å². The Balaban J connectivity index is 1.55. The van der Waals surface area contributed by atoms with Crippen LogP contribution in [0.3, 0.4) is 0 Å². The molecule has 0 saturated carbocycles. The van der Waals surface area contributed by atoms with Crippen LogP contribution in [0.25, 0.3) is 0 Å². The Morgan fingerprint density at radius 2 is 1.61 bits per heavy atom. The molecule has 2 atom stereocenters. The highest BCUT2D eigenvalue weighted by Crippen LogP contribution is 2.23. The number of nitrogens with zero attached hydrogens (tertiary/aromatic N) is 1. The maximum absolute atomic E-state index is 13.6. The third-order valence-corrected chi connectivity index (χ3v) is 5.80. The molecule has 1 aromatic heterocycles. The van der Waals surface area contributed by atoms with Crippen molar-refractivity contribution in [2.24, 2.45) is 0 Å². The topological polar surface area (TPSA) is 72.4 Å². The number of benzene rings is 2. The molecule has 2 amide bonds. The second-order valence-electron chi connectivity index (χ2n) is 8.09. The summed E-state index contributed by atoms with van der Waals surface area (Å²) in [6.45, 7) is 4.65. The quantitative estimate of drug-likeness (QED) is 0.585. The first-order valence-corrected chi connectivity index (χ1v) is 10.8. The zero-order valence-electron chi connectivity index (χ0n) is 18.4. The van der Waals surface area contributed by atoms with Crippen molar-refractivity contribution < 1.29 is 23.1 Å². The van der Waals surface area contributed by atoms with E-state index in [4.69, 9.17) is 4.74 Å². The molecule has 33 heavy (non-hydrogen) atoms. The summed E-state index contributed by atoms with van der Waals surface area (Å²) in [5.41, 5.74) is 2.72. The number of carbonyl (C=O) groups is 2. The van der Waals surface area contributed by atoms with E-state index in [9.17, 15) is 18.4 Å². The zero-order valence-corrected chi connectivity index (χ0v) is 18.4. The van der Waals surface area contributed by atoms with Gasteiger partial charge in [0.15, 0.2) is 0 Å². The molecule has 6 nitrogen and oxygen atoms in total. The van der Waals surface area contributed by atoms with Gasteiger partial charge in [0, 0.05) is 6.54 Å². The van der Waals surface area contributed by atoms with Crippen LogP contribution >= 0.6 is 0 Å². The van der Waals surface area contributed by atoms with Crippen LogP contribution in [0.5, 0.6) is 0 Å². The lowest BCUT2D eigenvalue weighted by Gasteiger charge is -2.21. The number of fused-ring (bicyclic) bond motifs is 1. The van der Waals surface area contributed by atoms with E-state index in [-0.39, 0.29) is 36.1 Å². The number of halogens is 2. The van der Waals surface area contributed by atoms with Gasteiger partial charge >= 0.3 is 0 Å². The Morgan fingerprint density at radius 1 is 0.909 bits per heavy atom. The van der Waals surface area contributed by atoms with E-state index in [0.717, 1.165) is 5.56 Å². The average molecular weight is 453 g/mol. The summed E-state index contributed by atoms with van der Waals surface area (Å²) in [5, 5.41) is 5.78. The Morgan fingerprint density at radius 3 is 2.33 bits per heavy atom. The molecule has 0 bridgehead atoms. The highest BCUT2D eigenvalue weighted by Gasteiger charge is 2.27. The molecule has 2 heterocycles. The van der Waals surface area contributed by atoms with Crippen LogP contribution in [0.15, 0.2) is 54.6 Å². The summed E-state index contributed by atoms with van der Waals surface area (Å²) in [6, 6.07) is 12.8. The molecule has 0 fully saturated rings. The molecule has 172 valence electrons. The molecule has 2 aromatic carbocycles. The van der Waals surface area contributed by atoms with Gasteiger partial charge in [-0.25, -0.2) is 8.78 Å². The predicted molar refractivity (Wildman–Crippen MR) is 119 cm³/mol. The molecule has 2 N–H and O–H groups in total. The van der Waals surface area contributed by atoms with Crippen molar-refractivity contribution in [1.82, 2.24) is 15.2 Å². The van der Waals surface area contributed by atoms with Gasteiger partial charge in [-0.2, -0.15) is 0 Å². The lowest BCUT2D eigenvalue weighted by molar-refractivity contribution is 0.0775.